The second kappa shape index (κ2) is 9.17. The zero-order valence-corrected chi connectivity index (χ0v) is 15.1. The summed E-state index contributed by atoms with van der Waals surface area (Å²) in [6, 6.07) is 7.27. The minimum atomic E-state index is -0.424. The van der Waals surface area contributed by atoms with E-state index in [1.165, 1.54) is 0 Å². The molecule has 8 nitrogen and oxygen atoms in total. The molecule has 3 rings (SSSR count). The second-order valence-electron chi connectivity index (χ2n) is 6.33. The molecule has 0 spiro atoms. The van der Waals surface area contributed by atoms with Gasteiger partial charge in [0, 0.05) is 13.1 Å². The van der Waals surface area contributed by atoms with Crippen LogP contribution in [0.4, 0.5) is 0 Å². The Morgan fingerprint density at radius 1 is 1.23 bits per heavy atom. The monoisotopic (exact) mass is 359 g/mol. The van der Waals surface area contributed by atoms with Gasteiger partial charge in [-0.2, -0.15) is 0 Å². The number of aryl methyl sites for hydroxylation is 1. The van der Waals surface area contributed by atoms with Crippen molar-refractivity contribution in [2.45, 2.75) is 58.3 Å². The highest BCUT2D eigenvalue weighted by Gasteiger charge is 2.22. The highest BCUT2D eigenvalue weighted by Crippen LogP contribution is 2.21. The molecule has 1 atom stereocenters. The summed E-state index contributed by atoms with van der Waals surface area (Å²) in [5, 5.41) is 14.6. The lowest BCUT2D eigenvalue weighted by Gasteiger charge is -2.16. The Bertz CT molecular complexity index is 701. The summed E-state index contributed by atoms with van der Waals surface area (Å²) < 4.78 is 13.3. The van der Waals surface area contributed by atoms with Gasteiger partial charge < -0.3 is 14.8 Å². The van der Waals surface area contributed by atoms with Crippen LogP contribution < -0.4 is 14.8 Å². The molecule has 0 aliphatic carbocycles. The zero-order chi connectivity index (χ0) is 18.2. The molecule has 0 saturated carbocycles. The molecular formula is C18H25N5O3. The SMILES string of the molecule is CCCCn1nnnc1COc1ccc(OC2CCCCNC2=O)cc1. The Morgan fingerprint density at radius 3 is 2.85 bits per heavy atom. The molecule has 2 aromatic rings. The molecule has 1 saturated heterocycles. The molecule has 26 heavy (non-hydrogen) atoms. The average molecular weight is 359 g/mol. The van der Waals surface area contributed by atoms with Crippen LogP contribution in [0.15, 0.2) is 24.3 Å². The summed E-state index contributed by atoms with van der Waals surface area (Å²) in [6.07, 6.45) is 4.41. The first-order valence-electron chi connectivity index (χ1n) is 9.18. The third kappa shape index (κ3) is 4.93. The second-order valence-corrected chi connectivity index (χ2v) is 6.33. The molecule has 2 heterocycles. The van der Waals surface area contributed by atoms with E-state index in [1.807, 2.05) is 24.3 Å². The maximum atomic E-state index is 11.9. The van der Waals surface area contributed by atoms with Crippen LogP contribution in [0, 0.1) is 0 Å². The molecule has 1 N–H and O–H groups in total. The number of aromatic nitrogens is 4. The van der Waals surface area contributed by atoms with Crippen molar-refractivity contribution in [2.24, 2.45) is 0 Å². The Morgan fingerprint density at radius 2 is 2.04 bits per heavy atom. The number of hydrogen-bond donors (Lipinski definition) is 1. The van der Waals surface area contributed by atoms with Gasteiger partial charge in [-0.05, 0) is 60.4 Å². The Labute approximate surface area is 152 Å². The van der Waals surface area contributed by atoms with Crippen LogP contribution in [0.2, 0.25) is 0 Å². The molecule has 0 radical (unpaired) electrons. The number of nitrogens with zero attached hydrogens (tertiary/aromatic N) is 4. The molecule has 1 fully saturated rings. The van der Waals surface area contributed by atoms with Crippen molar-refractivity contribution in [3.63, 3.8) is 0 Å². The van der Waals surface area contributed by atoms with Crippen LogP contribution >= 0.6 is 0 Å². The van der Waals surface area contributed by atoms with Crippen LogP contribution in [0.1, 0.15) is 44.9 Å². The predicted molar refractivity (Wildman–Crippen MR) is 94.8 cm³/mol. The van der Waals surface area contributed by atoms with Gasteiger partial charge in [-0.15, -0.1) is 5.10 Å². The smallest absolute Gasteiger partial charge is 0.261 e. The maximum Gasteiger partial charge on any atom is 0.261 e. The summed E-state index contributed by atoms with van der Waals surface area (Å²) in [5.41, 5.74) is 0. The van der Waals surface area contributed by atoms with Crippen molar-refractivity contribution in [3.8, 4) is 11.5 Å². The molecule has 1 amide bonds. The van der Waals surface area contributed by atoms with E-state index in [-0.39, 0.29) is 5.91 Å². The summed E-state index contributed by atoms with van der Waals surface area (Å²) in [6.45, 7) is 3.95. The topological polar surface area (TPSA) is 91.2 Å². The van der Waals surface area contributed by atoms with E-state index in [0.29, 0.717) is 23.9 Å². The van der Waals surface area contributed by atoms with Crippen LogP contribution in [0.3, 0.4) is 0 Å². The maximum absolute atomic E-state index is 11.9. The molecule has 140 valence electrons. The molecule has 1 aliphatic rings. The number of unbranched alkanes of at least 4 members (excludes halogenated alkanes) is 1. The van der Waals surface area contributed by atoms with Gasteiger partial charge in [0.05, 0.1) is 0 Å². The molecule has 0 bridgehead atoms. The van der Waals surface area contributed by atoms with Gasteiger partial charge in [0.15, 0.2) is 11.9 Å². The summed E-state index contributed by atoms with van der Waals surface area (Å²) in [5.74, 6) is 2.02. The fraction of sp³-hybridized carbons (Fsp3) is 0.556. The Kier molecular flexibility index (Phi) is 6.40. The van der Waals surface area contributed by atoms with Crippen molar-refractivity contribution in [2.75, 3.05) is 6.54 Å². The van der Waals surface area contributed by atoms with Gasteiger partial charge in [0.1, 0.15) is 18.1 Å². The fourth-order valence-corrected chi connectivity index (χ4v) is 2.76. The van der Waals surface area contributed by atoms with E-state index in [9.17, 15) is 4.79 Å². The van der Waals surface area contributed by atoms with Crippen LogP contribution in [-0.4, -0.2) is 38.8 Å². The lowest BCUT2D eigenvalue weighted by Crippen LogP contribution is -2.36. The number of carbonyl (C=O) groups is 1. The first-order chi connectivity index (χ1) is 12.8. The number of ether oxygens (including phenoxy) is 2. The fourth-order valence-electron chi connectivity index (χ4n) is 2.76. The number of benzene rings is 1. The number of amides is 1. The van der Waals surface area contributed by atoms with Gasteiger partial charge in [-0.25, -0.2) is 4.68 Å². The third-order valence-corrected chi connectivity index (χ3v) is 4.28. The normalized spacial score (nSPS) is 17.4. The van der Waals surface area contributed by atoms with Gasteiger partial charge in [0.25, 0.3) is 5.91 Å². The minimum absolute atomic E-state index is 0.0401. The van der Waals surface area contributed by atoms with E-state index < -0.39 is 6.10 Å². The van der Waals surface area contributed by atoms with E-state index in [4.69, 9.17) is 9.47 Å². The summed E-state index contributed by atoms with van der Waals surface area (Å²) in [7, 11) is 0. The first-order valence-corrected chi connectivity index (χ1v) is 9.18. The quantitative estimate of drug-likeness (QED) is 0.776. The molecule has 8 heteroatoms. The Balaban J connectivity index is 1.53. The summed E-state index contributed by atoms with van der Waals surface area (Å²) in [4.78, 5) is 11.9. The van der Waals surface area contributed by atoms with E-state index in [2.05, 4.69) is 27.8 Å². The van der Waals surface area contributed by atoms with Crippen molar-refractivity contribution in [1.82, 2.24) is 25.5 Å². The molecule has 1 aromatic carbocycles. The lowest BCUT2D eigenvalue weighted by atomic mass is 10.2. The highest BCUT2D eigenvalue weighted by atomic mass is 16.5. The number of hydrogen-bond acceptors (Lipinski definition) is 6. The standard InChI is InChI=1S/C18H25N5O3/c1-2-3-12-23-17(20-21-22-23)13-25-14-7-9-15(10-8-14)26-16-6-4-5-11-19-18(16)24/h7-10,16H,2-6,11-13H2,1H3,(H,19,24). The van der Waals surface area contributed by atoms with Crippen LogP contribution in [0.25, 0.3) is 0 Å². The van der Waals surface area contributed by atoms with E-state index >= 15 is 0 Å². The van der Waals surface area contributed by atoms with Gasteiger partial charge in [-0.3, -0.25) is 4.79 Å². The van der Waals surface area contributed by atoms with Crippen molar-refractivity contribution in [3.05, 3.63) is 30.1 Å². The van der Waals surface area contributed by atoms with Crippen molar-refractivity contribution < 1.29 is 14.3 Å². The first kappa shape index (κ1) is 18.2. The van der Waals surface area contributed by atoms with Gasteiger partial charge >= 0.3 is 0 Å². The predicted octanol–water partition coefficient (Wildman–Crippen LogP) is 2.10. The molecule has 1 aliphatic heterocycles. The largest absolute Gasteiger partial charge is 0.486 e. The van der Waals surface area contributed by atoms with Crippen LogP contribution in [0.5, 0.6) is 11.5 Å². The van der Waals surface area contributed by atoms with Crippen molar-refractivity contribution >= 4 is 5.91 Å². The third-order valence-electron chi connectivity index (χ3n) is 4.28. The molecule has 1 unspecified atom stereocenters. The minimum Gasteiger partial charge on any atom is -0.486 e. The lowest BCUT2D eigenvalue weighted by molar-refractivity contribution is -0.127. The summed E-state index contributed by atoms with van der Waals surface area (Å²) >= 11 is 0. The zero-order valence-electron chi connectivity index (χ0n) is 15.1. The molecular weight excluding hydrogens is 334 g/mol. The average Bonchev–Trinajstić information content (AvgIpc) is 3.02. The van der Waals surface area contributed by atoms with Crippen LogP contribution in [-0.2, 0) is 17.9 Å². The number of tetrazole rings is 1. The van der Waals surface area contributed by atoms with E-state index in [0.717, 1.165) is 45.2 Å². The number of carbonyl (C=O) groups excluding carboxylic acids is 1. The van der Waals surface area contributed by atoms with Gasteiger partial charge in [-0.1, -0.05) is 13.3 Å². The van der Waals surface area contributed by atoms with E-state index in [1.54, 1.807) is 4.68 Å². The number of rotatable bonds is 8. The molecule has 1 aromatic heterocycles. The Hall–Kier alpha value is -2.64. The number of nitrogens with one attached hydrogen (secondary N) is 1. The highest BCUT2D eigenvalue weighted by molar-refractivity contribution is 5.81. The van der Waals surface area contributed by atoms with Gasteiger partial charge in [0.2, 0.25) is 0 Å². The van der Waals surface area contributed by atoms with Crippen molar-refractivity contribution in [1.29, 1.82) is 0 Å².